The maximum absolute atomic E-state index is 11.8. The van der Waals surface area contributed by atoms with E-state index in [0.717, 1.165) is 31.2 Å². The van der Waals surface area contributed by atoms with Gasteiger partial charge in [0, 0.05) is 0 Å². The molecule has 1 amide bonds. The van der Waals surface area contributed by atoms with Crippen LogP contribution in [0, 0.1) is 0 Å². The van der Waals surface area contributed by atoms with Gasteiger partial charge in [0.25, 0.3) is 0 Å². The van der Waals surface area contributed by atoms with Crippen molar-refractivity contribution in [3.63, 3.8) is 0 Å². The average Bonchev–Trinajstić information content (AvgIpc) is 3.11. The van der Waals surface area contributed by atoms with Gasteiger partial charge in [0.15, 0.2) is 0 Å². The maximum atomic E-state index is 11.8. The minimum atomic E-state index is -0.595. The fourth-order valence-corrected chi connectivity index (χ4v) is 3.43. The molecule has 3 aromatic rings. The number of nitrogens with zero attached hydrogens (tertiary/aromatic N) is 1. The van der Waals surface area contributed by atoms with E-state index >= 15 is 0 Å². The standard InChI is InChI=1S/C23H27N3O4/c27-17-26(30-16-19-13-7-2-8-14-19)20(21-22(28)25-23(29)24-21)15-9-3-6-12-18-10-4-1-5-11-18/h1-2,4-5,7-8,10-11,13-14,17,20,28H,3,6,9,12,15-16H2,(H2,24,25,29). The molecule has 30 heavy (non-hydrogen) atoms. The number of hydrogen-bond donors (Lipinski definition) is 3. The van der Waals surface area contributed by atoms with E-state index in [1.165, 1.54) is 10.6 Å². The molecule has 1 unspecified atom stereocenters. The number of amides is 1. The highest BCUT2D eigenvalue weighted by molar-refractivity contribution is 5.47. The van der Waals surface area contributed by atoms with E-state index in [1.54, 1.807) is 0 Å². The first-order valence-electron chi connectivity index (χ1n) is 10.1. The number of aryl methyl sites for hydroxylation is 1. The largest absolute Gasteiger partial charge is 0.493 e. The molecule has 0 fully saturated rings. The van der Waals surface area contributed by atoms with Gasteiger partial charge in [0.2, 0.25) is 12.3 Å². The number of aromatic hydroxyl groups is 1. The van der Waals surface area contributed by atoms with Crippen LogP contribution in [0.2, 0.25) is 0 Å². The van der Waals surface area contributed by atoms with Crippen LogP contribution in [-0.2, 0) is 22.7 Å². The second kappa shape index (κ2) is 11.0. The number of aromatic amines is 2. The Hall–Kier alpha value is -3.32. The van der Waals surface area contributed by atoms with E-state index in [-0.39, 0.29) is 18.2 Å². The summed E-state index contributed by atoms with van der Waals surface area (Å²) in [5.74, 6) is -0.274. The van der Waals surface area contributed by atoms with Gasteiger partial charge in [-0.2, -0.15) is 0 Å². The van der Waals surface area contributed by atoms with Crippen molar-refractivity contribution in [2.45, 2.75) is 44.8 Å². The average molecular weight is 409 g/mol. The first kappa shape index (κ1) is 21.4. The van der Waals surface area contributed by atoms with Crippen LogP contribution in [0.3, 0.4) is 0 Å². The molecule has 0 aliphatic heterocycles. The molecule has 1 atom stereocenters. The number of hydroxylamine groups is 2. The second-order valence-electron chi connectivity index (χ2n) is 7.17. The minimum absolute atomic E-state index is 0.208. The number of nitrogens with one attached hydrogen (secondary N) is 2. The van der Waals surface area contributed by atoms with E-state index in [9.17, 15) is 14.7 Å². The Balaban J connectivity index is 1.61. The summed E-state index contributed by atoms with van der Waals surface area (Å²) in [6, 6.07) is 19.2. The lowest BCUT2D eigenvalue weighted by atomic mass is 10.0. The third kappa shape index (κ3) is 6.09. The fourth-order valence-electron chi connectivity index (χ4n) is 3.43. The summed E-state index contributed by atoms with van der Waals surface area (Å²) in [7, 11) is 0. The Labute approximate surface area is 175 Å². The van der Waals surface area contributed by atoms with E-state index in [4.69, 9.17) is 4.84 Å². The zero-order chi connectivity index (χ0) is 21.2. The first-order valence-corrected chi connectivity index (χ1v) is 10.1. The van der Waals surface area contributed by atoms with Crippen molar-refractivity contribution < 1.29 is 14.7 Å². The Morgan fingerprint density at radius 2 is 1.60 bits per heavy atom. The van der Waals surface area contributed by atoms with Crippen LogP contribution in [0.25, 0.3) is 0 Å². The lowest BCUT2D eigenvalue weighted by molar-refractivity contribution is -0.195. The van der Waals surface area contributed by atoms with Crippen molar-refractivity contribution in [2.75, 3.05) is 0 Å². The number of aromatic nitrogens is 2. The number of hydrogen-bond acceptors (Lipinski definition) is 4. The molecule has 0 radical (unpaired) electrons. The molecule has 2 aromatic carbocycles. The van der Waals surface area contributed by atoms with Gasteiger partial charge < -0.3 is 10.1 Å². The third-order valence-corrected chi connectivity index (χ3v) is 4.99. The summed E-state index contributed by atoms with van der Waals surface area (Å²) in [5, 5.41) is 11.3. The number of rotatable bonds is 12. The zero-order valence-electron chi connectivity index (χ0n) is 16.8. The van der Waals surface area contributed by atoms with Gasteiger partial charge >= 0.3 is 5.69 Å². The maximum Gasteiger partial charge on any atom is 0.326 e. The Kier molecular flexibility index (Phi) is 7.86. The second-order valence-corrected chi connectivity index (χ2v) is 7.17. The number of unbranched alkanes of at least 4 members (excludes halogenated alkanes) is 2. The predicted molar refractivity (Wildman–Crippen MR) is 114 cm³/mol. The highest BCUT2D eigenvalue weighted by Crippen LogP contribution is 2.29. The number of carbonyl (C=O) groups excluding carboxylic acids is 1. The molecular weight excluding hydrogens is 382 g/mol. The summed E-state index contributed by atoms with van der Waals surface area (Å²) in [4.78, 5) is 34.0. The van der Waals surface area contributed by atoms with Crippen molar-refractivity contribution >= 4 is 6.41 Å². The minimum Gasteiger partial charge on any atom is -0.493 e. The van der Waals surface area contributed by atoms with Crippen LogP contribution >= 0.6 is 0 Å². The molecule has 0 aliphatic carbocycles. The number of benzene rings is 2. The summed E-state index contributed by atoms with van der Waals surface area (Å²) < 4.78 is 0. The van der Waals surface area contributed by atoms with E-state index in [2.05, 4.69) is 22.1 Å². The monoisotopic (exact) mass is 409 g/mol. The van der Waals surface area contributed by atoms with E-state index in [0.29, 0.717) is 12.8 Å². The molecule has 1 aromatic heterocycles. The quantitative estimate of drug-likeness (QED) is 0.240. The van der Waals surface area contributed by atoms with Crippen LogP contribution in [0.5, 0.6) is 5.88 Å². The molecule has 7 nitrogen and oxygen atoms in total. The molecule has 0 bridgehead atoms. The van der Waals surface area contributed by atoms with Gasteiger partial charge in [0.1, 0.15) is 18.3 Å². The first-order chi connectivity index (χ1) is 14.7. The van der Waals surface area contributed by atoms with Gasteiger partial charge in [-0.15, -0.1) is 0 Å². The van der Waals surface area contributed by atoms with Crippen molar-refractivity contribution in [3.05, 3.63) is 88.0 Å². The molecule has 0 spiro atoms. The van der Waals surface area contributed by atoms with Crippen LogP contribution in [0.15, 0.2) is 65.5 Å². The smallest absolute Gasteiger partial charge is 0.326 e. The van der Waals surface area contributed by atoms with E-state index in [1.807, 2.05) is 48.5 Å². The van der Waals surface area contributed by atoms with Gasteiger partial charge in [-0.25, -0.2) is 9.86 Å². The zero-order valence-corrected chi connectivity index (χ0v) is 16.8. The molecule has 0 saturated carbocycles. The van der Waals surface area contributed by atoms with Crippen LogP contribution < -0.4 is 5.69 Å². The Morgan fingerprint density at radius 1 is 0.933 bits per heavy atom. The molecule has 0 aliphatic rings. The summed E-state index contributed by atoms with van der Waals surface area (Å²) in [6.07, 6.45) is 4.89. The molecular formula is C23H27N3O4. The van der Waals surface area contributed by atoms with Crippen molar-refractivity contribution in [2.24, 2.45) is 0 Å². The topological polar surface area (TPSA) is 98.4 Å². The summed E-state index contributed by atoms with van der Waals surface area (Å²) in [5.41, 5.74) is 1.94. The van der Waals surface area contributed by atoms with Gasteiger partial charge in [-0.3, -0.25) is 14.6 Å². The predicted octanol–water partition coefficient (Wildman–Crippen LogP) is 3.84. The van der Waals surface area contributed by atoms with Crippen LogP contribution in [0.1, 0.15) is 48.5 Å². The van der Waals surface area contributed by atoms with E-state index < -0.39 is 11.7 Å². The van der Waals surface area contributed by atoms with Crippen LogP contribution in [0.4, 0.5) is 0 Å². The van der Waals surface area contributed by atoms with Crippen molar-refractivity contribution in [1.82, 2.24) is 15.0 Å². The molecule has 3 N–H and O–H groups in total. The normalized spacial score (nSPS) is 11.9. The number of carbonyl (C=O) groups is 1. The Morgan fingerprint density at radius 3 is 2.20 bits per heavy atom. The van der Waals surface area contributed by atoms with Gasteiger partial charge in [-0.05, 0) is 30.4 Å². The van der Waals surface area contributed by atoms with Crippen LogP contribution in [-0.4, -0.2) is 26.5 Å². The number of imidazole rings is 1. The molecule has 7 heteroatoms. The molecule has 0 saturated heterocycles. The molecule has 1 heterocycles. The van der Waals surface area contributed by atoms with Crippen molar-refractivity contribution in [3.8, 4) is 5.88 Å². The molecule has 158 valence electrons. The highest BCUT2D eigenvalue weighted by atomic mass is 16.7. The number of H-pyrrole nitrogens is 2. The lowest BCUT2D eigenvalue weighted by Gasteiger charge is -2.26. The summed E-state index contributed by atoms with van der Waals surface area (Å²) >= 11 is 0. The van der Waals surface area contributed by atoms with Gasteiger partial charge in [-0.1, -0.05) is 73.5 Å². The Bertz CT molecular complexity index is 953. The lowest BCUT2D eigenvalue weighted by Crippen LogP contribution is -2.28. The fraction of sp³-hybridized carbons (Fsp3) is 0.304. The SMILES string of the molecule is O=CN(OCc1ccccc1)C(CCCCCc1ccccc1)c1[nH]c(=O)[nH]c1O. The van der Waals surface area contributed by atoms with Crippen molar-refractivity contribution in [1.29, 1.82) is 0 Å². The third-order valence-electron chi connectivity index (χ3n) is 4.99. The molecule has 3 rings (SSSR count). The highest BCUT2D eigenvalue weighted by Gasteiger charge is 2.25. The summed E-state index contributed by atoms with van der Waals surface area (Å²) in [6.45, 7) is 0.208. The van der Waals surface area contributed by atoms with Gasteiger partial charge in [0.05, 0.1) is 0 Å².